The lowest BCUT2D eigenvalue weighted by atomic mass is 10.0. The number of nitrogens with zero attached hydrogens (tertiary/aromatic N) is 6. The Labute approximate surface area is 432 Å². The molecule has 15 rings (SSSR count). The molecular weight excluding hydrogens is 913 g/mol. The van der Waals surface area contributed by atoms with Gasteiger partial charge in [-0.2, -0.15) is 9.97 Å². The van der Waals surface area contributed by atoms with Crippen LogP contribution in [-0.4, -0.2) is 28.7 Å². The molecule has 6 nitrogen and oxygen atoms in total. The van der Waals surface area contributed by atoms with Crippen LogP contribution in [0.1, 0.15) is 0 Å². The van der Waals surface area contributed by atoms with Gasteiger partial charge >= 0.3 is 0 Å². The molecule has 4 aromatic heterocycles. The van der Waals surface area contributed by atoms with Gasteiger partial charge in [-0.3, -0.25) is 4.57 Å². The third kappa shape index (κ3) is 6.92. The monoisotopic (exact) mass is 956 g/mol. The van der Waals surface area contributed by atoms with E-state index in [1.807, 2.05) is 0 Å². The van der Waals surface area contributed by atoms with Crippen LogP contribution in [0.3, 0.4) is 0 Å². The molecule has 15 aromatic rings. The summed E-state index contributed by atoms with van der Waals surface area (Å²) in [5.41, 5.74) is 17.1. The fourth-order valence-corrected chi connectivity index (χ4v) is 11.5. The minimum absolute atomic E-state index is 0.525. The van der Waals surface area contributed by atoms with Crippen molar-refractivity contribution in [3.8, 4) is 73.5 Å². The standard InChI is InChI=1S/C69H44N6/c1-4-20-45(21-5-1)48-36-39-64-56(42-48)53-28-12-17-33-61(53)74(64)63-35-19-14-30-55(63)68-70-67(54-29-13-18-34-62(54)73-59-31-15-10-26-51(59)52-27-11-16-32-60(52)73)71-69(72-68)75-65-40-37-49(46-22-6-2-7-23-46)43-57(65)58-44-50(38-41-66(58)75)47-24-8-3-9-25-47/h1-44H. The molecule has 4 heterocycles. The van der Waals surface area contributed by atoms with Crippen molar-refractivity contribution in [1.29, 1.82) is 0 Å². The molecule has 0 radical (unpaired) electrons. The van der Waals surface area contributed by atoms with E-state index in [1.54, 1.807) is 0 Å². The van der Waals surface area contributed by atoms with Crippen LogP contribution < -0.4 is 0 Å². The summed E-state index contributed by atoms with van der Waals surface area (Å²) in [7, 11) is 0. The Bertz CT molecular complexity index is 4550. The number of hydrogen-bond donors (Lipinski definition) is 0. The molecule has 0 aliphatic rings. The molecule has 11 aromatic carbocycles. The van der Waals surface area contributed by atoms with Crippen LogP contribution in [-0.2, 0) is 0 Å². The van der Waals surface area contributed by atoms with E-state index < -0.39 is 0 Å². The summed E-state index contributed by atoms with van der Waals surface area (Å²) in [6.45, 7) is 0. The smallest absolute Gasteiger partial charge is 0.238 e. The van der Waals surface area contributed by atoms with Crippen molar-refractivity contribution in [2.24, 2.45) is 0 Å². The van der Waals surface area contributed by atoms with Gasteiger partial charge in [0.1, 0.15) is 0 Å². The molecule has 0 amide bonds. The predicted molar refractivity (Wildman–Crippen MR) is 310 cm³/mol. The zero-order valence-electron chi connectivity index (χ0n) is 40.6. The van der Waals surface area contributed by atoms with Crippen molar-refractivity contribution in [3.05, 3.63) is 267 Å². The molecule has 6 heteroatoms. The van der Waals surface area contributed by atoms with Crippen LogP contribution in [0.15, 0.2) is 267 Å². The lowest BCUT2D eigenvalue weighted by Gasteiger charge is -2.17. The van der Waals surface area contributed by atoms with E-state index in [4.69, 9.17) is 15.0 Å². The summed E-state index contributed by atoms with van der Waals surface area (Å²) in [6, 6.07) is 95.2. The maximum absolute atomic E-state index is 5.63. The van der Waals surface area contributed by atoms with Gasteiger partial charge in [-0.05, 0) is 112 Å². The number of fused-ring (bicyclic) bond motifs is 9. The van der Waals surface area contributed by atoms with Crippen LogP contribution in [0.5, 0.6) is 0 Å². The van der Waals surface area contributed by atoms with Crippen LogP contribution in [0.25, 0.3) is 139 Å². The Morgan fingerprint density at radius 3 is 0.933 bits per heavy atom. The van der Waals surface area contributed by atoms with Gasteiger partial charge in [-0.1, -0.05) is 188 Å². The fourth-order valence-electron chi connectivity index (χ4n) is 11.5. The van der Waals surface area contributed by atoms with E-state index in [2.05, 4.69) is 281 Å². The van der Waals surface area contributed by atoms with Crippen LogP contribution >= 0.6 is 0 Å². The van der Waals surface area contributed by atoms with Gasteiger partial charge in [0.15, 0.2) is 11.6 Å². The minimum Gasteiger partial charge on any atom is -0.309 e. The van der Waals surface area contributed by atoms with Crippen molar-refractivity contribution >= 4 is 65.4 Å². The molecule has 0 unspecified atom stereocenters. The molecule has 0 fully saturated rings. The highest BCUT2D eigenvalue weighted by molar-refractivity contribution is 6.13. The zero-order chi connectivity index (χ0) is 49.4. The minimum atomic E-state index is 0.525. The quantitative estimate of drug-likeness (QED) is 0.152. The Hall–Kier alpha value is -10.2. The molecular formula is C69H44N6. The molecule has 350 valence electrons. The lowest BCUT2D eigenvalue weighted by Crippen LogP contribution is -2.09. The first-order valence-corrected chi connectivity index (χ1v) is 25.4. The predicted octanol–water partition coefficient (Wildman–Crippen LogP) is 17.5. The van der Waals surface area contributed by atoms with E-state index in [0.29, 0.717) is 17.6 Å². The Kier molecular flexibility index (Phi) is 9.78. The SMILES string of the molecule is c1ccc(-c2ccc3c(c2)c2cc(-c4ccccc4)ccc2n3-c2nc(-c3ccccc3-n3c4ccccc4c4ccccc43)nc(-c3ccccc3-n3c4ccccc4c4cc(-c5ccccc5)ccc43)n2)cc1. The summed E-state index contributed by atoms with van der Waals surface area (Å²) in [5.74, 6) is 1.65. The van der Waals surface area contributed by atoms with E-state index in [9.17, 15) is 0 Å². The molecule has 0 N–H and O–H groups in total. The molecule has 75 heavy (non-hydrogen) atoms. The molecule has 0 atom stereocenters. The zero-order valence-corrected chi connectivity index (χ0v) is 40.6. The number of aromatic nitrogens is 6. The highest BCUT2D eigenvalue weighted by atomic mass is 15.2. The summed E-state index contributed by atoms with van der Waals surface area (Å²) in [5, 5.41) is 6.94. The van der Waals surface area contributed by atoms with Crippen molar-refractivity contribution in [2.75, 3.05) is 0 Å². The summed E-state index contributed by atoms with van der Waals surface area (Å²) < 4.78 is 6.97. The summed E-state index contributed by atoms with van der Waals surface area (Å²) in [4.78, 5) is 16.8. The van der Waals surface area contributed by atoms with Gasteiger partial charge in [0.25, 0.3) is 0 Å². The third-order valence-corrected chi connectivity index (χ3v) is 14.9. The van der Waals surface area contributed by atoms with E-state index in [0.717, 1.165) is 88.6 Å². The molecule has 0 spiro atoms. The normalized spacial score (nSPS) is 11.7. The van der Waals surface area contributed by atoms with Crippen LogP contribution in [0, 0.1) is 0 Å². The second-order valence-corrected chi connectivity index (χ2v) is 19.2. The maximum atomic E-state index is 5.63. The van der Waals surface area contributed by atoms with Gasteiger partial charge in [-0.25, -0.2) is 4.98 Å². The van der Waals surface area contributed by atoms with Gasteiger partial charge < -0.3 is 9.13 Å². The first-order valence-electron chi connectivity index (χ1n) is 25.4. The second-order valence-electron chi connectivity index (χ2n) is 19.2. The first kappa shape index (κ1) is 42.5. The van der Waals surface area contributed by atoms with Gasteiger partial charge in [-0.15, -0.1) is 0 Å². The van der Waals surface area contributed by atoms with Crippen LogP contribution in [0.2, 0.25) is 0 Å². The van der Waals surface area contributed by atoms with E-state index in [1.165, 1.54) is 32.7 Å². The van der Waals surface area contributed by atoms with Crippen molar-refractivity contribution in [3.63, 3.8) is 0 Å². The molecule has 0 aliphatic heterocycles. The van der Waals surface area contributed by atoms with Crippen molar-refractivity contribution < 1.29 is 0 Å². The molecule has 0 bridgehead atoms. The second kappa shape index (κ2) is 17.3. The molecule has 0 saturated carbocycles. The molecule has 0 aliphatic carbocycles. The van der Waals surface area contributed by atoms with Gasteiger partial charge in [0.05, 0.1) is 44.5 Å². The summed E-state index contributed by atoms with van der Waals surface area (Å²) in [6.07, 6.45) is 0. The summed E-state index contributed by atoms with van der Waals surface area (Å²) >= 11 is 0. The number of hydrogen-bond acceptors (Lipinski definition) is 3. The van der Waals surface area contributed by atoms with Crippen molar-refractivity contribution in [1.82, 2.24) is 28.7 Å². The highest BCUT2D eigenvalue weighted by Crippen LogP contribution is 2.42. The number of benzene rings is 11. The largest absolute Gasteiger partial charge is 0.309 e. The fraction of sp³-hybridized carbons (Fsp3) is 0. The van der Waals surface area contributed by atoms with Crippen molar-refractivity contribution in [2.45, 2.75) is 0 Å². The Balaban J connectivity index is 1.02. The topological polar surface area (TPSA) is 53.5 Å². The van der Waals surface area contributed by atoms with E-state index in [-0.39, 0.29) is 0 Å². The third-order valence-electron chi connectivity index (χ3n) is 14.9. The van der Waals surface area contributed by atoms with E-state index >= 15 is 0 Å². The average Bonchev–Trinajstić information content (AvgIpc) is 4.13. The molecule has 0 saturated heterocycles. The number of para-hydroxylation sites is 5. The average molecular weight is 957 g/mol. The highest BCUT2D eigenvalue weighted by Gasteiger charge is 2.24. The lowest BCUT2D eigenvalue weighted by molar-refractivity contribution is 0.950. The maximum Gasteiger partial charge on any atom is 0.238 e. The van der Waals surface area contributed by atoms with Gasteiger partial charge in [0.2, 0.25) is 5.95 Å². The Morgan fingerprint density at radius 1 is 0.213 bits per heavy atom. The Morgan fingerprint density at radius 2 is 0.520 bits per heavy atom. The number of rotatable bonds is 8. The van der Waals surface area contributed by atoms with Crippen LogP contribution in [0.4, 0.5) is 0 Å². The van der Waals surface area contributed by atoms with Gasteiger partial charge in [0, 0.05) is 43.4 Å². The first-order chi connectivity index (χ1) is 37.2.